The summed E-state index contributed by atoms with van der Waals surface area (Å²) in [6, 6.07) is 10.9. The molecule has 1 fully saturated rings. The van der Waals surface area contributed by atoms with Gasteiger partial charge in [0.15, 0.2) is 24.7 Å². The number of aliphatic imine (C=N–C) groups is 1. The van der Waals surface area contributed by atoms with Crippen molar-refractivity contribution in [1.29, 1.82) is 5.26 Å². The molecule has 362 valence electrons. The molecule has 2 atom stereocenters. The topological polar surface area (TPSA) is 222 Å². The highest BCUT2D eigenvalue weighted by Crippen LogP contribution is 2.38. The molecule has 0 aliphatic heterocycles. The normalized spacial score (nSPS) is 14.2. The maximum atomic E-state index is 13.2. The molecule has 1 aliphatic rings. The zero-order valence-corrected chi connectivity index (χ0v) is 40.0. The van der Waals surface area contributed by atoms with Gasteiger partial charge < -0.3 is 31.1 Å². The molecular weight excluding hydrogens is 839 g/mol. The summed E-state index contributed by atoms with van der Waals surface area (Å²) in [5.41, 5.74) is 3.48. The predicted molar refractivity (Wildman–Crippen MR) is 254 cm³/mol. The van der Waals surface area contributed by atoms with Crippen LogP contribution in [0, 0.1) is 28.7 Å². The number of hydrogen-bond donors (Lipinski definition) is 5. The molecule has 15 heteroatoms. The van der Waals surface area contributed by atoms with Gasteiger partial charge in [-0.25, -0.2) is 4.57 Å². The lowest BCUT2D eigenvalue weighted by Crippen LogP contribution is -2.45. The molecule has 1 aromatic heterocycles. The van der Waals surface area contributed by atoms with Crippen molar-refractivity contribution in [2.75, 3.05) is 32.1 Å². The van der Waals surface area contributed by atoms with Crippen molar-refractivity contribution in [3.8, 4) is 6.19 Å². The first kappa shape index (κ1) is 54.8. The number of aliphatic hydroxyl groups excluding tert-OH is 1. The van der Waals surface area contributed by atoms with Crippen LogP contribution in [0.25, 0.3) is 0 Å². The lowest BCUT2D eigenvalue weighted by molar-refractivity contribution is -0.688. The number of carbonyl (C=O) groups is 6. The van der Waals surface area contributed by atoms with E-state index in [4.69, 9.17) is 5.11 Å². The molecule has 2 aromatic rings. The van der Waals surface area contributed by atoms with Crippen LogP contribution in [0.1, 0.15) is 154 Å². The number of carboxylic acids is 1. The Balaban J connectivity index is 1.33. The number of nitrogens with zero attached hydrogens (tertiary/aromatic N) is 4. The molecule has 4 amide bonds. The number of rotatable bonds is 32. The maximum absolute atomic E-state index is 13.2. The number of Topliss-reactive ketones (excluding diaryl/α,β-unsaturated/α-hetero) is 1. The molecule has 5 N–H and O–H groups in total. The average Bonchev–Trinajstić information content (AvgIpc) is 3.76. The summed E-state index contributed by atoms with van der Waals surface area (Å²) >= 11 is 0. The SMILES string of the molecule is CC(C)[C@H](NC(=O)CCCCCNC(=O)CCC(=O)O)C(=O)C[C@@H](C)C(=O)Nc1ccc(C[n+]2ccc(CC(CCCCCCCCC(=O)N(C)CC3(CO)CCCC3)=NC#N)cc2)cc1. The smallest absolute Gasteiger partial charge is 0.303 e. The van der Waals surface area contributed by atoms with Crippen LogP contribution >= 0.6 is 0 Å². The number of nitriles is 1. The van der Waals surface area contributed by atoms with Gasteiger partial charge in [-0.05, 0) is 68.6 Å². The van der Waals surface area contributed by atoms with Crippen LogP contribution in [0.5, 0.6) is 0 Å². The molecule has 0 saturated heterocycles. The first-order valence-corrected chi connectivity index (χ1v) is 24.1. The fourth-order valence-corrected chi connectivity index (χ4v) is 8.47. The second-order valence-corrected chi connectivity index (χ2v) is 18.7. The van der Waals surface area contributed by atoms with Gasteiger partial charge in [0.1, 0.15) is 0 Å². The number of hydrogen-bond acceptors (Lipinski definition) is 9. The number of aliphatic hydroxyl groups is 1. The van der Waals surface area contributed by atoms with Crippen LogP contribution < -0.4 is 20.5 Å². The second kappa shape index (κ2) is 29.9. The van der Waals surface area contributed by atoms with E-state index in [1.807, 2.05) is 80.8 Å². The molecule has 3 rings (SSSR count). The van der Waals surface area contributed by atoms with E-state index in [1.54, 1.807) is 6.92 Å². The van der Waals surface area contributed by atoms with Gasteiger partial charge in [-0.2, -0.15) is 10.3 Å². The monoisotopic (exact) mass is 915 g/mol. The summed E-state index contributed by atoms with van der Waals surface area (Å²) in [5, 5.41) is 36.3. The minimum atomic E-state index is -1.02. The highest BCUT2D eigenvalue weighted by molar-refractivity contribution is 5.97. The van der Waals surface area contributed by atoms with E-state index in [-0.39, 0.29) is 73.0 Å². The van der Waals surface area contributed by atoms with E-state index >= 15 is 0 Å². The predicted octanol–water partition coefficient (Wildman–Crippen LogP) is 6.83. The lowest BCUT2D eigenvalue weighted by Gasteiger charge is -2.31. The van der Waals surface area contributed by atoms with Gasteiger partial charge in [-0.3, -0.25) is 28.8 Å². The van der Waals surface area contributed by atoms with E-state index in [0.717, 1.165) is 87.5 Å². The number of anilines is 1. The van der Waals surface area contributed by atoms with Crippen LogP contribution in [-0.2, 0) is 41.7 Å². The van der Waals surface area contributed by atoms with Gasteiger partial charge in [0.2, 0.25) is 29.8 Å². The summed E-state index contributed by atoms with van der Waals surface area (Å²) in [7, 11) is 1.86. The van der Waals surface area contributed by atoms with Gasteiger partial charge in [-0.15, -0.1) is 0 Å². The lowest BCUT2D eigenvalue weighted by atomic mass is 9.86. The summed E-state index contributed by atoms with van der Waals surface area (Å²) in [6.45, 7) is 7.22. The Morgan fingerprint density at radius 2 is 1.42 bits per heavy atom. The number of aliphatic carboxylic acids is 1. The molecule has 1 heterocycles. The van der Waals surface area contributed by atoms with E-state index in [0.29, 0.717) is 57.4 Å². The Morgan fingerprint density at radius 1 is 0.803 bits per heavy atom. The first-order chi connectivity index (χ1) is 31.6. The van der Waals surface area contributed by atoms with Crippen molar-refractivity contribution >= 4 is 46.8 Å². The maximum Gasteiger partial charge on any atom is 0.303 e. The third-order valence-electron chi connectivity index (χ3n) is 12.5. The summed E-state index contributed by atoms with van der Waals surface area (Å²) in [6.07, 6.45) is 20.0. The van der Waals surface area contributed by atoms with Crippen LogP contribution in [-0.4, -0.2) is 89.0 Å². The van der Waals surface area contributed by atoms with E-state index in [1.165, 1.54) is 0 Å². The number of ketones is 1. The molecule has 0 unspecified atom stereocenters. The molecule has 1 aliphatic carbocycles. The number of aromatic nitrogens is 1. The van der Waals surface area contributed by atoms with Gasteiger partial charge in [0.05, 0.1) is 19.1 Å². The highest BCUT2D eigenvalue weighted by Gasteiger charge is 2.35. The average molecular weight is 915 g/mol. The first-order valence-electron chi connectivity index (χ1n) is 24.1. The zero-order valence-electron chi connectivity index (χ0n) is 40.0. The third kappa shape index (κ3) is 21.2. The van der Waals surface area contributed by atoms with Crippen molar-refractivity contribution in [2.45, 2.75) is 162 Å². The van der Waals surface area contributed by atoms with Gasteiger partial charge in [0.25, 0.3) is 0 Å². The molecule has 1 saturated carbocycles. The Hall–Kier alpha value is -5.49. The largest absolute Gasteiger partial charge is 0.481 e. The number of carboxylic acid groups (broad SMARTS) is 1. The fourth-order valence-electron chi connectivity index (χ4n) is 8.47. The van der Waals surface area contributed by atoms with Crippen molar-refractivity contribution in [3.05, 3.63) is 59.9 Å². The van der Waals surface area contributed by atoms with E-state index < -0.39 is 17.9 Å². The highest BCUT2D eigenvalue weighted by atomic mass is 16.4. The van der Waals surface area contributed by atoms with Crippen molar-refractivity contribution < 1.29 is 43.5 Å². The molecular formula is C51H76N7O8+. The molecule has 15 nitrogen and oxygen atoms in total. The quantitative estimate of drug-likeness (QED) is 0.0224. The Labute approximate surface area is 392 Å². The number of benzene rings is 1. The summed E-state index contributed by atoms with van der Waals surface area (Å²) < 4.78 is 2.05. The molecule has 66 heavy (non-hydrogen) atoms. The number of pyridine rings is 1. The molecule has 0 radical (unpaired) electrons. The Bertz CT molecular complexity index is 1920. The number of carbonyl (C=O) groups excluding carboxylic acids is 5. The van der Waals surface area contributed by atoms with E-state index in [2.05, 4.69) is 25.5 Å². The molecule has 1 aromatic carbocycles. The zero-order chi connectivity index (χ0) is 48.3. The standard InChI is InChI=1S/C51H75N7O8/c1-38(2)49(56-46(62)17-11-9-15-29-53-45(61)23-24-48(64)65)44(60)32-39(3)50(66)55-42-21-19-41(20-22-42)34-58-30-25-40(26-31-58)33-43(54-37-52)16-10-7-5-6-8-12-18-47(63)57(4)35-51(36-59)27-13-14-28-51/h19-22,25-26,30-31,38-39,49,59H,5-18,23-24,27-29,32-36H2,1-4H3,(H3-,53,55,56,61,62,64,65,66)/p+1/t39-,49+/m1/s1. The van der Waals surface area contributed by atoms with Crippen LogP contribution in [0.3, 0.4) is 0 Å². The van der Waals surface area contributed by atoms with Crippen LogP contribution in [0.15, 0.2) is 53.8 Å². The number of nitrogens with one attached hydrogen (secondary N) is 3. The van der Waals surface area contributed by atoms with Gasteiger partial charge in [0, 0.05) is 92.7 Å². The summed E-state index contributed by atoms with van der Waals surface area (Å²) in [5.74, 6) is -2.70. The molecule has 0 spiro atoms. The fraction of sp³-hybridized carbons (Fsp3) is 0.627. The van der Waals surface area contributed by atoms with Gasteiger partial charge in [-0.1, -0.05) is 77.8 Å². The Morgan fingerprint density at radius 3 is 2.05 bits per heavy atom. The molecule has 0 bridgehead atoms. The van der Waals surface area contributed by atoms with Crippen molar-refractivity contribution in [2.24, 2.45) is 22.2 Å². The number of unbranched alkanes of at least 4 members (excludes halogenated alkanes) is 7. The van der Waals surface area contributed by atoms with Crippen LogP contribution in [0.2, 0.25) is 0 Å². The van der Waals surface area contributed by atoms with Gasteiger partial charge >= 0.3 is 5.97 Å². The summed E-state index contributed by atoms with van der Waals surface area (Å²) in [4.78, 5) is 79.8. The minimum Gasteiger partial charge on any atom is -0.481 e. The van der Waals surface area contributed by atoms with Crippen LogP contribution in [0.4, 0.5) is 5.69 Å². The van der Waals surface area contributed by atoms with E-state index in [9.17, 15) is 39.1 Å². The number of amides is 4. The Kier molecular flexibility index (Phi) is 24.9. The minimum absolute atomic E-state index is 0.0245. The second-order valence-electron chi connectivity index (χ2n) is 18.7. The van der Waals surface area contributed by atoms with Crippen molar-refractivity contribution in [3.63, 3.8) is 0 Å². The third-order valence-corrected chi connectivity index (χ3v) is 12.5. The van der Waals surface area contributed by atoms with Crippen molar-refractivity contribution in [1.82, 2.24) is 15.5 Å².